The van der Waals surface area contributed by atoms with Crippen molar-refractivity contribution in [2.45, 2.75) is 32.2 Å². The number of ether oxygens (including phenoxy) is 1. The van der Waals surface area contributed by atoms with Crippen LogP contribution in [0.25, 0.3) is 0 Å². The van der Waals surface area contributed by atoms with Crippen LogP contribution in [0, 0.1) is 0 Å². The van der Waals surface area contributed by atoms with E-state index in [-0.39, 0.29) is 36.9 Å². The lowest BCUT2D eigenvalue weighted by Crippen LogP contribution is -2.57. The highest BCUT2D eigenvalue weighted by atomic mass is 16.5. The number of esters is 1. The fourth-order valence-electron chi connectivity index (χ4n) is 2.74. The van der Waals surface area contributed by atoms with Crippen LogP contribution >= 0.6 is 0 Å². The van der Waals surface area contributed by atoms with Gasteiger partial charge in [0.15, 0.2) is 0 Å². The molecule has 110 valence electrons. The van der Waals surface area contributed by atoms with E-state index in [1.807, 2.05) is 6.92 Å². The molecular formula is C14H20N2O4. The zero-order chi connectivity index (χ0) is 14.7. The van der Waals surface area contributed by atoms with Gasteiger partial charge in [0.2, 0.25) is 11.8 Å². The van der Waals surface area contributed by atoms with Crippen LogP contribution in [-0.4, -0.2) is 60.4 Å². The lowest BCUT2D eigenvalue weighted by atomic mass is 10.1. The van der Waals surface area contributed by atoms with E-state index in [1.165, 1.54) is 12.0 Å². The van der Waals surface area contributed by atoms with Gasteiger partial charge < -0.3 is 14.5 Å². The van der Waals surface area contributed by atoms with Gasteiger partial charge in [0.25, 0.3) is 0 Å². The van der Waals surface area contributed by atoms with Crippen LogP contribution in [0.2, 0.25) is 0 Å². The Labute approximate surface area is 118 Å². The summed E-state index contributed by atoms with van der Waals surface area (Å²) in [5.74, 6) is -0.402. The van der Waals surface area contributed by atoms with Gasteiger partial charge in [0.1, 0.15) is 12.6 Å². The Morgan fingerprint density at radius 2 is 2.20 bits per heavy atom. The summed E-state index contributed by atoms with van der Waals surface area (Å²) in [6.07, 6.45) is 3.84. The molecule has 1 atom stereocenters. The quantitative estimate of drug-likeness (QED) is 0.550. The van der Waals surface area contributed by atoms with Crippen molar-refractivity contribution in [3.8, 4) is 0 Å². The predicted molar refractivity (Wildman–Crippen MR) is 71.7 cm³/mol. The second-order valence-corrected chi connectivity index (χ2v) is 5.04. The van der Waals surface area contributed by atoms with Gasteiger partial charge in [-0.3, -0.25) is 9.59 Å². The maximum atomic E-state index is 12.3. The number of piperazine rings is 1. The first-order valence-corrected chi connectivity index (χ1v) is 6.94. The van der Waals surface area contributed by atoms with E-state index in [2.05, 4.69) is 4.74 Å². The second-order valence-electron chi connectivity index (χ2n) is 5.04. The molecule has 2 rings (SSSR count). The molecular weight excluding hydrogens is 260 g/mol. The number of carbonyl (C=O) groups excluding carboxylic acids is 3. The number of fused-ring (bicyclic) bond motifs is 1. The average Bonchev–Trinajstić information content (AvgIpc) is 2.94. The van der Waals surface area contributed by atoms with Crippen molar-refractivity contribution in [3.63, 3.8) is 0 Å². The summed E-state index contributed by atoms with van der Waals surface area (Å²) in [4.78, 5) is 38.9. The highest BCUT2D eigenvalue weighted by Gasteiger charge is 2.41. The zero-order valence-corrected chi connectivity index (χ0v) is 11.9. The summed E-state index contributed by atoms with van der Waals surface area (Å²) in [6, 6.07) is -0.298. The van der Waals surface area contributed by atoms with Crippen LogP contribution in [0.3, 0.4) is 0 Å². The smallest absolute Gasteiger partial charge is 0.333 e. The fraction of sp³-hybridized carbons (Fsp3) is 0.643. The molecule has 1 unspecified atom stereocenters. The van der Waals surface area contributed by atoms with Crippen molar-refractivity contribution in [1.29, 1.82) is 0 Å². The van der Waals surface area contributed by atoms with E-state index in [0.29, 0.717) is 18.5 Å². The lowest BCUT2D eigenvalue weighted by molar-refractivity contribution is -0.152. The fourth-order valence-corrected chi connectivity index (χ4v) is 2.74. The van der Waals surface area contributed by atoms with Gasteiger partial charge in [-0.25, -0.2) is 4.79 Å². The van der Waals surface area contributed by atoms with Gasteiger partial charge in [-0.15, -0.1) is 0 Å². The molecule has 2 aliphatic heterocycles. The van der Waals surface area contributed by atoms with Gasteiger partial charge >= 0.3 is 5.97 Å². The molecule has 0 bridgehead atoms. The van der Waals surface area contributed by atoms with Crippen molar-refractivity contribution in [1.82, 2.24) is 9.80 Å². The number of methoxy groups -OCH3 is 1. The molecule has 2 aliphatic rings. The third-order valence-corrected chi connectivity index (χ3v) is 3.88. The molecule has 6 nitrogen and oxygen atoms in total. The minimum absolute atomic E-state index is 0.00313. The highest BCUT2D eigenvalue weighted by molar-refractivity contribution is 5.95. The first kappa shape index (κ1) is 14.6. The Kier molecular flexibility index (Phi) is 4.42. The van der Waals surface area contributed by atoms with Crippen LogP contribution in [0.1, 0.15) is 26.2 Å². The van der Waals surface area contributed by atoms with E-state index >= 15 is 0 Å². The molecule has 0 aromatic rings. The van der Waals surface area contributed by atoms with Gasteiger partial charge in [0.05, 0.1) is 7.11 Å². The van der Waals surface area contributed by atoms with E-state index < -0.39 is 0 Å². The number of nitrogens with zero attached hydrogens (tertiary/aromatic N) is 2. The summed E-state index contributed by atoms with van der Waals surface area (Å²) >= 11 is 0. The van der Waals surface area contributed by atoms with Gasteiger partial charge in [-0.05, 0) is 19.3 Å². The van der Waals surface area contributed by atoms with Crippen molar-refractivity contribution >= 4 is 17.8 Å². The molecule has 0 radical (unpaired) electrons. The largest absolute Gasteiger partial charge is 0.466 e. The van der Waals surface area contributed by atoms with E-state index in [1.54, 1.807) is 11.0 Å². The molecule has 20 heavy (non-hydrogen) atoms. The number of hydrogen-bond donors (Lipinski definition) is 0. The topological polar surface area (TPSA) is 66.9 Å². The van der Waals surface area contributed by atoms with Crippen molar-refractivity contribution in [3.05, 3.63) is 11.6 Å². The van der Waals surface area contributed by atoms with Crippen molar-refractivity contribution in [2.75, 3.05) is 26.7 Å². The van der Waals surface area contributed by atoms with Crippen molar-refractivity contribution < 1.29 is 19.1 Å². The van der Waals surface area contributed by atoms with Crippen molar-refractivity contribution in [2.24, 2.45) is 0 Å². The number of amides is 2. The Morgan fingerprint density at radius 1 is 1.45 bits per heavy atom. The molecule has 2 heterocycles. The monoisotopic (exact) mass is 280 g/mol. The minimum atomic E-state index is -0.384. The lowest BCUT2D eigenvalue weighted by Gasteiger charge is -2.35. The average molecular weight is 280 g/mol. The number of hydrogen-bond acceptors (Lipinski definition) is 4. The summed E-state index contributed by atoms with van der Waals surface area (Å²) < 4.78 is 4.67. The Bertz CT molecular complexity index is 458. The third kappa shape index (κ3) is 2.69. The molecule has 0 saturated carbocycles. The Morgan fingerprint density at radius 3 is 2.85 bits per heavy atom. The molecule has 2 fully saturated rings. The SMILES string of the molecule is CCC(=CCN1CC(=O)N2CCCC2C1=O)C(=O)OC. The molecule has 0 aromatic heterocycles. The van der Waals surface area contributed by atoms with Gasteiger partial charge in [-0.2, -0.15) is 0 Å². The van der Waals surface area contributed by atoms with Gasteiger partial charge in [-0.1, -0.05) is 13.0 Å². The molecule has 0 spiro atoms. The van der Waals surface area contributed by atoms with Crippen LogP contribution < -0.4 is 0 Å². The third-order valence-electron chi connectivity index (χ3n) is 3.88. The molecule has 0 N–H and O–H groups in total. The molecule has 2 saturated heterocycles. The predicted octanol–water partition coefficient (Wildman–Crippen LogP) is 0.329. The summed E-state index contributed by atoms with van der Waals surface area (Å²) in [5, 5.41) is 0. The highest BCUT2D eigenvalue weighted by Crippen LogP contribution is 2.23. The number of rotatable bonds is 4. The van der Waals surface area contributed by atoms with Crippen LogP contribution in [-0.2, 0) is 19.1 Å². The summed E-state index contributed by atoms with van der Waals surface area (Å²) in [7, 11) is 1.33. The van der Waals surface area contributed by atoms with Gasteiger partial charge in [0, 0.05) is 18.7 Å². The van der Waals surface area contributed by atoms with Crippen LogP contribution in [0.15, 0.2) is 11.6 Å². The van der Waals surface area contributed by atoms with Crippen LogP contribution in [0.5, 0.6) is 0 Å². The molecule has 0 aromatic carbocycles. The molecule has 0 aliphatic carbocycles. The standard InChI is InChI=1S/C14H20N2O4/c1-3-10(14(19)20-2)6-8-15-9-12(17)16-7-4-5-11(16)13(15)18/h6,11H,3-5,7-9H2,1-2H3. The first-order valence-electron chi connectivity index (χ1n) is 6.94. The molecule has 2 amide bonds. The van der Waals surface area contributed by atoms with E-state index in [9.17, 15) is 14.4 Å². The maximum absolute atomic E-state index is 12.3. The van der Waals surface area contributed by atoms with E-state index in [4.69, 9.17) is 0 Å². The number of carbonyl (C=O) groups is 3. The minimum Gasteiger partial charge on any atom is -0.466 e. The van der Waals surface area contributed by atoms with E-state index in [0.717, 1.165) is 12.8 Å². The van der Waals surface area contributed by atoms with Crippen LogP contribution in [0.4, 0.5) is 0 Å². The maximum Gasteiger partial charge on any atom is 0.333 e. The first-order chi connectivity index (χ1) is 9.58. The Balaban J connectivity index is 2.06. The Hall–Kier alpha value is -1.85. The second kappa shape index (κ2) is 6.07. The summed E-state index contributed by atoms with van der Waals surface area (Å²) in [5.41, 5.74) is 0.529. The summed E-state index contributed by atoms with van der Waals surface area (Å²) in [6.45, 7) is 2.92. The normalized spacial score (nSPS) is 23.1. The molecule has 6 heteroatoms. The zero-order valence-electron chi connectivity index (χ0n) is 11.9.